The SMILES string of the molecule is O=C([O-])COc1cccc2c(CCC(SCc3ccccc3)SCc3ccccc3)coc12. The molecular formula is C27H25O4S2-. The summed E-state index contributed by atoms with van der Waals surface area (Å²) in [5.74, 6) is 1.12. The van der Waals surface area contributed by atoms with Crippen LogP contribution in [0.2, 0.25) is 0 Å². The van der Waals surface area contributed by atoms with Gasteiger partial charge in [-0.2, -0.15) is 0 Å². The lowest BCUT2D eigenvalue weighted by atomic mass is 10.1. The number of para-hydroxylation sites is 1. The minimum atomic E-state index is -1.26. The largest absolute Gasteiger partial charge is 0.546 e. The Balaban J connectivity index is 1.43. The molecular weight excluding hydrogens is 452 g/mol. The second-order valence-corrected chi connectivity index (χ2v) is 10.3. The summed E-state index contributed by atoms with van der Waals surface area (Å²) in [6, 6.07) is 26.7. The number of rotatable bonds is 12. The van der Waals surface area contributed by atoms with Crippen molar-refractivity contribution in [3.63, 3.8) is 0 Å². The lowest BCUT2D eigenvalue weighted by molar-refractivity contribution is -0.307. The zero-order chi connectivity index (χ0) is 22.9. The van der Waals surface area contributed by atoms with Crippen LogP contribution >= 0.6 is 23.5 Å². The van der Waals surface area contributed by atoms with Crippen LogP contribution in [-0.4, -0.2) is 17.2 Å². The van der Waals surface area contributed by atoms with Crippen LogP contribution in [0.25, 0.3) is 11.0 Å². The smallest absolute Gasteiger partial charge is 0.175 e. The standard InChI is InChI=1S/C27H26O4S2/c28-25(29)17-30-24-13-7-12-23-22(16-31-27(23)24)14-15-26(32-18-20-8-3-1-4-9-20)33-19-21-10-5-2-6-11-21/h1-13,16,26H,14-15,17-19H2,(H,28,29)/p-1. The molecule has 0 unspecified atom stereocenters. The Labute approximate surface area is 202 Å². The number of fused-ring (bicyclic) bond motifs is 1. The van der Waals surface area contributed by atoms with Crippen molar-refractivity contribution in [2.75, 3.05) is 6.61 Å². The Morgan fingerprint density at radius 2 is 1.52 bits per heavy atom. The molecule has 6 heteroatoms. The van der Waals surface area contributed by atoms with Crippen LogP contribution < -0.4 is 9.84 Å². The average Bonchev–Trinajstić information content (AvgIpc) is 3.27. The Morgan fingerprint density at radius 3 is 2.12 bits per heavy atom. The van der Waals surface area contributed by atoms with Gasteiger partial charge in [0, 0.05) is 16.9 Å². The van der Waals surface area contributed by atoms with Crippen molar-refractivity contribution in [3.05, 3.63) is 102 Å². The lowest BCUT2D eigenvalue weighted by Crippen LogP contribution is -2.28. The Bertz CT molecular complexity index is 1120. The summed E-state index contributed by atoms with van der Waals surface area (Å²) in [6.07, 6.45) is 3.62. The molecule has 33 heavy (non-hydrogen) atoms. The van der Waals surface area contributed by atoms with Crippen LogP contribution in [0.3, 0.4) is 0 Å². The molecule has 0 radical (unpaired) electrons. The molecule has 0 amide bonds. The average molecular weight is 478 g/mol. The zero-order valence-corrected chi connectivity index (χ0v) is 19.8. The fourth-order valence-corrected chi connectivity index (χ4v) is 6.05. The molecule has 1 aromatic heterocycles. The third kappa shape index (κ3) is 6.83. The van der Waals surface area contributed by atoms with E-state index in [1.54, 1.807) is 12.3 Å². The summed E-state index contributed by atoms with van der Waals surface area (Å²) in [7, 11) is 0. The maximum Gasteiger partial charge on any atom is 0.175 e. The Hall–Kier alpha value is -2.83. The lowest BCUT2D eigenvalue weighted by Gasteiger charge is -2.16. The first-order valence-electron chi connectivity index (χ1n) is 10.8. The first kappa shape index (κ1) is 23.3. The summed E-state index contributed by atoms with van der Waals surface area (Å²) in [6.45, 7) is -0.497. The van der Waals surface area contributed by atoms with Gasteiger partial charge in [0.1, 0.15) is 6.61 Å². The van der Waals surface area contributed by atoms with Crippen molar-refractivity contribution in [1.29, 1.82) is 0 Å². The Kier molecular flexibility index (Phi) is 8.39. The number of carbonyl (C=O) groups is 1. The van der Waals surface area contributed by atoms with Gasteiger partial charge < -0.3 is 19.1 Å². The number of carboxylic acid groups (broad SMARTS) is 1. The van der Waals surface area contributed by atoms with Gasteiger partial charge in [-0.15, -0.1) is 23.5 Å². The van der Waals surface area contributed by atoms with Crippen molar-refractivity contribution >= 4 is 40.5 Å². The zero-order valence-electron chi connectivity index (χ0n) is 18.1. The summed E-state index contributed by atoms with van der Waals surface area (Å²) in [5.41, 5.74) is 4.35. The predicted octanol–water partition coefficient (Wildman–Crippen LogP) is 5.69. The van der Waals surface area contributed by atoms with E-state index >= 15 is 0 Å². The van der Waals surface area contributed by atoms with Gasteiger partial charge in [0.15, 0.2) is 11.3 Å². The number of furan rings is 1. The van der Waals surface area contributed by atoms with Crippen LogP contribution in [0.1, 0.15) is 23.1 Å². The van der Waals surface area contributed by atoms with Crippen LogP contribution in [0.5, 0.6) is 5.75 Å². The van der Waals surface area contributed by atoms with Crippen molar-refractivity contribution in [3.8, 4) is 5.75 Å². The van der Waals surface area contributed by atoms with Gasteiger partial charge in [-0.3, -0.25) is 0 Å². The first-order chi connectivity index (χ1) is 16.2. The summed E-state index contributed by atoms with van der Waals surface area (Å²) < 4.78 is 11.5. The van der Waals surface area contributed by atoms with E-state index in [0.717, 1.165) is 35.3 Å². The summed E-state index contributed by atoms with van der Waals surface area (Å²) in [4.78, 5) is 10.7. The summed E-state index contributed by atoms with van der Waals surface area (Å²) >= 11 is 3.94. The van der Waals surface area contributed by atoms with Gasteiger partial charge in [-0.05, 0) is 35.6 Å². The van der Waals surface area contributed by atoms with E-state index in [9.17, 15) is 9.90 Å². The molecule has 0 N–H and O–H groups in total. The van der Waals surface area contributed by atoms with E-state index in [4.69, 9.17) is 9.15 Å². The molecule has 4 aromatic rings. The van der Waals surface area contributed by atoms with Gasteiger partial charge in [-0.1, -0.05) is 72.8 Å². The van der Waals surface area contributed by atoms with E-state index in [-0.39, 0.29) is 0 Å². The third-order valence-corrected chi connectivity index (χ3v) is 8.23. The third-order valence-electron chi connectivity index (χ3n) is 5.20. The fourth-order valence-electron chi connectivity index (χ4n) is 3.54. The van der Waals surface area contributed by atoms with Crippen molar-refractivity contribution < 1.29 is 19.1 Å². The highest BCUT2D eigenvalue weighted by atomic mass is 32.2. The number of aryl methyl sites for hydroxylation is 1. The molecule has 3 aromatic carbocycles. The van der Waals surface area contributed by atoms with Crippen LogP contribution in [-0.2, 0) is 22.7 Å². The van der Waals surface area contributed by atoms with E-state index in [1.807, 2.05) is 47.8 Å². The van der Waals surface area contributed by atoms with Gasteiger partial charge in [0.25, 0.3) is 0 Å². The highest BCUT2D eigenvalue weighted by molar-refractivity contribution is 8.16. The van der Waals surface area contributed by atoms with E-state index in [2.05, 4.69) is 48.5 Å². The minimum Gasteiger partial charge on any atom is -0.546 e. The van der Waals surface area contributed by atoms with Crippen molar-refractivity contribution in [1.82, 2.24) is 0 Å². The molecule has 4 nitrogen and oxygen atoms in total. The minimum absolute atomic E-state index is 0.424. The van der Waals surface area contributed by atoms with Crippen molar-refractivity contribution in [2.45, 2.75) is 28.9 Å². The molecule has 0 saturated heterocycles. The van der Waals surface area contributed by atoms with Crippen molar-refractivity contribution in [2.24, 2.45) is 0 Å². The highest BCUT2D eigenvalue weighted by Crippen LogP contribution is 2.35. The van der Waals surface area contributed by atoms with Crippen LogP contribution in [0, 0.1) is 0 Å². The predicted molar refractivity (Wildman–Crippen MR) is 134 cm³/mol. The Morgan fingerprint density at radius 1 is 0.879 bits per heavy atom. The molecule has 0 bridgehead atoms. The van der Waals surface area contributed by atoms with Gasteiger partial charge in [0.05, 0.1) is 16.8 Å². The molecule has 0 atom stereocenters. The number of thioether (sulfide) groups is 2. The summed E-state index contributed by atoms with van der Waals surface area (Å²) in [5, 5.41) is 11.7. The molecule has 0 fully saturated rings. The topological polar surface area (TPSA) is 62.5 Å². The quantitative estimate of drug-likeness (QED) is 0.244. The van der Waals surface area contributed by atoms with Crippen LogP contribution in [0.15, 0.2) is 89.5 Å². The normalized spacial score (nSPS) is 11.2. The molecule has 170 valence electrons. The number of carbonyl (C=O) groups excluding carboxylic acids is 1. The number of carboxylic acids is 1. The van der Waals surface area contributed by atoms with Gasteiger partial charge in [-0.25, -0.2) is 0 Å². The first-order valence-corrected chi connectivity index (χ1v) is 12.9. The number of hydrogen-bond donors (Lipinski definition) is 0. The van der Waals surface area contributed by atoms with E-state index in [0.29, 0.717) is 15.9 Å². The second kappa shape index (κ2) is 11.9. The molecule has 4 rings (SSSR count). The molecule has 0 aliphatic carbocycles. The number of aliphatic carboxylic acids is 1. The molecule has 0 aliphatic rings. The second-order valence-electron chi connectivity index (χ2n) is 7.62. The molecule has 1 heterocycles. The number of hydrogen-bond acceptors (Lipinski definition) is 6. The maximum atomic E-state index is 10.7. The monoisotopic (exact) mass is 477 g/mol. The molecule has 0 aliphatic heterocycles. The molecule has 0 spiro atoms. The highest BCUT2D eigenvalue weighted by Gasteiger charge is 2.15. The van der Waals surface area contributed by atoms with E-state index in [1.165, 1.54) is 11.1 Å². The maximum absolute atomic E-state index is 10.7. The number of benzene rings is 3. The van der Waals surface area contributed by atoms with Crippen LogP contribution in [0.4, 0.5) is 0 Å². The fraction of sp³-hybridized carbons (Fsp3) is 0.222. The van der Waals surface area contributed by atoms with Gasteiger partial charge in [0.2, 0.25) is 0 Å². The van der Waals surface area contributed by atoms with Gasteiger partial charge >= 0.3 is 0 Å². The van der Waals surface area contributed by atoms with E-state index < -0.39 is 12.6 Å². The number of ether oxygens (including phenoxy) is 1. The molecule has 0 saturated carbocycles.